The van der Waals surface area contributed by atoms with Crippen LogP contribution in [0.4, 0.5) is 0 Å². The molecule has 0 fully saturated rings. The molecule has 2 aromatic carbocycles. The van der Waals surface area contributed by atoms with Gasteiger partial charge in [-0.3, -0.25) is 0 Å². The van der Waals surface area contributed by atoms with Crippen LogP contribution in [-0.4, -0.2) is 36.1 Å². The summed E-state index contributed by atoms with van der Waals surface area (Å²) in [7, 11) is 2.63. The first kappa shape index (κ1) is 25.6. The van der Waals surface area contributed by atoms with E-state index in [2.05, 4.69) is 58.5 Å². The molecule has 6 nitrogen and oxygen atoms in total. The van der Waals surface area contributed by atoms with Gasteiger partial charge in [-0.25, -0.2) is 19.6 Å². The first-order valence-corrected chi connectivity index (χ1v) is 12.0. The lowest BCUT2D eigenvalue weighted by molar-refractivity contribution is 0.0594. The summed E-state index contributed by atoms with van der Waals surface area (Å²) in [5.41, 5.74) is 2.50. The van der Waals surface area contributed by atoms with E-state index in [1.54, 1.807) is 72.8 Å². The number of carbonyl (C=O) groups is 2. The second-order valence-electron chi connectivity index (χ2n) is 8.32. The number of methoxy groups -OCH3 is 2. The van der Waals surface area contributed by atoms with Gasteiger partial charge in [-0.1, -0.05) is 36.4 Å². The highest BCUT2D eigenvalue weighted by atomic mass is 16.5. The molecule has 0 unspecified atom stereocenters. The van der Waals surface area contributed by atoms with Crippen LogP contribution in [0.25, 0.3) is 43.6 Å². The van der Waals surface area contributed by atoms with Crippen LogP contribution in [0.2, 0.25) is 0 Å². The first-order valence-electron chi connectivity index (χ1n) is 12.0. The molecule has 8 bridgehead atoms. The summed E-state index contributed by atoms with van der Waals surface area (Å²) in [6, 6.07) is 44.9. The largest absolute Gasteiger partial charge is 0.465 e. The van der Waals surface area contributed by atoms with E-state index >= 15 is 0 Å². The molecule has 0 amide bonds. The normalized spacial score (nSPS) is 9.65. The lowest BCUT2D eigenvalue weighted by Crippen LogP contribution is -2.01. The minimum Gasteiger partial charge on any atom is -0.465 e. The van der Waals surface area contributed by atoms with Crippen molar-refractivity contribution >= 4 is 55.6 Å². The summed E-state index contributed by atoms with van der Waals surface area (Å²) in [6.07, 6.45) is 0. The zero-order valence-electron chi connectivity index (χ0n) is 21.5. The second-order valence-corrected chi connectivity index (χ2v) is 8.32. The highest BCUT2D eigenvalue weighted by Gasteiger charge is 2.08. The third-order valence-corrected chi connectivity index (χ3v) is 5.67. The average molecular weight is 519 g/mol. The predicted octanol–water partition coefficient (Wildman–Crippen LogP) is 5.88. The van der Waals surface area contributed by atoms with Crippen LogP contribution in [0.3, 0.4) is 0 Å². The molecule has 0 N–H and O–H groups in total. The molecule has 0 saturated carbocycles. The fourth-order valence-corrected chi connectivity index (χ4v) is 3.70. The van der Waals surface area contributed by atoms with Gasteiger partial charge >= 0.3 is 11.9 Å². The van der Waals surface area contributed by atoms with Gasteiger partial charge in [-0.05, 0) is 84.9 Å². The summed E-state index contributed by atoms with van der Waals surface area (Å²) in [4.78, 5) is 34.0. The summed E-state index contributed by atoms with van der Waals surface area (Å²) < 4.78 is 9.93. The van der Waals surface area contributed by atoms with E-state index in [0.717, 1.165) is 0 Å². The molecule has 188 valence electrons. The van der Waals surface area contributed by atoms with Gasteiger partial charge in [-0.15, -0.1) is 0 Å². The van der Waals surface area contributed by atoms with E-state index in [1.165, 1.54) is 14.2 Å². The Labute approximate surface area is 231 Å². The van der Waals surface area contributed by atoms with Crippen LogP contribution in [-0.2, 0) is 9.47 Å². The Kier molecular flexibility index (Phi) is 7.37. The number of rotatable bonds is 2. The molecule has 0 aliphatic rings. The van der Waals surface area contributed by atoms with Gasteiger partial charge in [0.15, 0.2) is 0 Å². The van der Waals surface area contributed by atoms with Crippen molar-refractivity contribution in [2.24, 2.45) is 0 Å². The number of pyridine rings is 2. The van der Waals surface area contributed by atoms with Crippen LogP contribution in [0, 0.1) is 48.5 Å². The molecule has 8 rings (SSSR count). The van der Waals surface area contributed by atoms with E-state index in [1.807, 2.05) is 0 Å². The number of esters is 2. The molecule has 0 atom stereocenters. The maximum atomic E-state index is 12.5. The minimum absolute atomic E-state index is 0.289. The maximum Gasteiger partial charge on any atom is 0.339 e. The Hall–Kier alpha value is -6.08. The van der Waals surface area contributed by atoms with Gasteiger partial charge < -0.3 is 9.47 Å². The Morgan fingerprint density at radius 3 is 1.27 bits per heavy atom. The van der Waals surface area contributed by atoms with Crippen molar-refractivity contribution in [2.45, 2.75) is 0 Å². The van der Waals surface area contributed by atoms with Crippen LogP contribution in [0.15, 0.2) is 72.8 Å². The fourth-order valence-electron chi connectivity index (χ4n) is 3.70. The number of carbonyl (C=O) groups excluding carboxylic acids is 2. The Morgan fingerprint density at radius 2 is 0.900 bits per heavy atom. The highest BCUT2D eigenvalue weighted by Crippen LogP contribution is 2.14. The number of nitrogens with zero attached hydrogens (tertiary/aromatic N) is 2. The number of hydrogen-bond donors (Lipinski definition) is 0. The Morgan fingerprint density at radius 1 is 0.525 bits per heavy atom. The van der Waals surface area contributed by atoms with Gasteiger partial charge in [0.2, 0.25) is 0 Å². The van der Waals surface area contributed by atoms with Crippen LogP contribution in [0.5, 0.6) is 0 Å². The number of ether oxygens (including phenoxy) is 2. The molecule has 0 saturated heterocycles. The smallest absolute Gasteiger partial charge is 0.339 e. The van der Waals surface area contributed by atoms with Gasteiger partial charge in [0, 0.05) is 21.5 Å². The number of aromatic nitrogens is 2. The molecule has 0 aliphatic heterocycles. The number of benzene rings is 2. The van der Waals surface area contributed by atoms with Crippen molar-refractivity contribution in [3.63, 3.8) is 0 Å². The molecular weight excluding hydrogens is 500 g/mol. The Bertz CT molecular complexity index is 1790. The van der Waals surface area contributed by atoms with E-state index in [9.17, 15) is 9.59 Å². The zero-order chi connectivity index (χ0) is 27.9. The average Bonchev–Trinajstić information content (AvgIpc) is 3.00. The Balaban J connectivity index is 1.82. The topological polar surface area (TPSA) is 78.4 Å². The van der Waals surface area contributed by atoms with Crippen LogP contribution in [0.1, 0.15) is 20.7 Å². The lowest BCUT2D eigenvalue weighted by Gasteiger charge is -1.99. The zero-order valence-corrected chi connectivity index (χ0v) is 21.5. The predicted molar refractivity (Wildman–Crippen MR) is 149 cm³/mol. The molecule has 6 heteroatoms. The molecule has 40 heavy (non-hydrogen) atoms. The summed E-state index contributed by atoms with van der Waals surface area (Å²) in [5.74, 6) is -1.05. The molecule has 0 radical (unpaired) electrons. The molecular formula is C34H18N2O4. The quantitative estimate of drug-likeness (QED) is 0.272. The molecule has 6 heterocycles. The van der Waals surface area contributed by atoms with E-state index in [-0.39, 0.29) is 11.1 Å². The van der Waals surface area contributed by atoms with Crippen molar-refractivity contribution in [3.8, 4) is 0 Å². The highest BCUT2D eigenvalue weighted by molar-refractivity contribution is 5.99. The van der Waals surface area contributed by atoms with Gasteiger partial charge in [-0.2, -0.15) is 0 Å². The van der Waals surface area contributed by atoms with Crippen LogP contribution >= 0.6 is 0 Å². The molecule has 8 aromatic rings. The molecule has 6 aromatic heterocycles. The monoisotopic (exact) mass is 518 g/mol. The van der Waals surface area contributed by atoms with E-state index in [0.29, 0.717) is 43.6 Å². The molecule has 0 aliphatic carbocycles. The minimum atomic E-state index is -0.526. The number of hydrogen-bond acceptors (Lipinski definition) is 6. The fraction of sp³-hybridized carbons (Fsp3) is 0.0588. The first-order chi connectivity index (χ1) is 19.5. The van der Waals surface area contributed by atoms with Gasteiger partial charge in [0.25, 0.3) is 0 Å². The third kappa shape index (κ3) is 5.90. The van der Waals surface area contributed by atoms with E-state index in [4.69, 9.17) is 9.47 Å². The molecule has 0 spiro atoms. The SMILES string of the molecule is COC(=O)c1cc2c#cc3cccc(c#cc4ccc(c#cc5cccc(c#cc1cc2)n5)cc4C(=O)OC)n3. The summed E-state index contributed by atoms with van der Waals surface area (Å²) in [6.45, 7) is 0. The summed E-state index contributed by atoms with van der Waals surface area (Å²) >= 11 is 0. The van der Waals surface area contributed by atoms with Crippen molar-refractivity contribution < 1.29 is 19.1 Å². The van der Waals surface area contributed by atoms with Crippen molar-refractivity contribution in [1.29, 1.82) is 0 Å². The lowest BCUT2D eigenvalue weighted by atomic mass is 10.1. The third-order valence-electron chi connectivity index (χ3n) is 5.67. The van der Waals surface area contributed by atoms with Gasteiger partial charge in [0.05, 0.1) is 25.3 Å². The van der Waals surface area contributed by atoms with Crippen LogP contribution < -0.4 is 0 Å². The van der Waals surface area contributed by atoms with Crippen molar-refractivity contribution in [3.05, 3.63) is 132 Å². The standard InChI is InChI=1S/C34H18N2O4/c1-39-33(37)31-21-23-9-13-25(31)15-19-29-7-3-6-28(35-29)18-12-24-10-14-26(32(22-24)34(38)40-2)16-20-30-8-4-5-27(36-30)17-11-23/h3-10,13-14,21-22H,1-2H3. The second kappa shape index (κ2) is 11.5. The maximum absolute atomic E-state index is 12.5. The van der Waals surface area contributed by atoms with Crippen molar-refractivity contribution in [1.82, 2.24) is 9.97 Å². The van der Waals surface area contributed by atoms with Crippen molar-refractivity contribution in [2.75, 3.05) is 14.2 Å². The van der Waals surface area contributed by atoms with E-state index < -0.39 is 11.9 Å². The summed E-state index contributed by atoms with van der Waals surface area (Å²) in [5, 5.41) is 2.13. The van der Waals surface area contributed by atoms with Gasteiger partial charge in [0.1, 0.15) is 22.1 Å².